The summed E-state index contributed by atoms with van der Waals surface area (Å²) in [5.41, 5.74) is 0. The van der Waals surface area contributed by atoms with Crippen molar-refractivity contribution in [2.75, 3.05) is 46.1 Å². The van der Waals surface area contributed by atoms with Gasteiger partial charge in [-0.3, -0.25) is 0 Å². The number of quaternary nitrogens is 1. The van der Waals surface area contributed by atoms with Crippen molar-refractivity contribution < 1.29 is 35.1 Å². The van der Waals surface area contributed by atoms with Gasteiger partial charge in [0.1, 0.15) is 31.0 Å². The highest BCUT2D eigenvalue weighted by Crippen LogP contribution is 2.18. The van der Waals surface area contributed by atoms with Gasteiger partial charge in [0.05, 0.1) is 33.4 Å². The lowest BCUT2D eigenvalue weighted by Crippen LogP contribution is -2.47. The summed E-state index contributed by atoms with van der Waals surface area (Å²) in [6.45, 7) is 3.13. The molecule has 6 atom stereocenters. The molecule has 7 nitrogen and oxygen atoms in total. The predicted molar refractivity (Wildman–Crippen MR) is 96.5 cm³/mol. The zero-order valence-corrected chi connectivity index (χ0v) is 16.2. The van der Waals surface area contributed by atoms with E-state index >= 15 is 0 Å². The predicted octanol–water partition coefficient (Wildman–Crippen LogP) is -1.27. The standard InChI is InChI=1S/C16H37NO6P/c1-4-5-6-7-17(2,3)8-12(19)10-24-11-14(21)16(23)15(22)13(20)9-18/h12-16,18-24H,4-11H2,1-3H3/q+1. The summed E-state index contributed by atoms with van der Waals surface area (Å²) in [5.74, 6) is 0. The molecule has 6 N–H and O–H groups in total. The van der Waals surface area contributed by atoms with Crippen molar-refractivity contribution in [1.29, 1.82) is 0 Å². The molecule has 146 valence electrons. The summed E-state index contributed by atoms with van der Waals surface area (Å²) < 4.78 is 0.748. The van der Waals surface area contributed by atoms with Gasteiger partial charge >= 0.3 is 0 Å². The Balaban J connectivity index is 4.08. The second kappa shape index (κ2) is 12.5. The zero-order chi connectivity index (χ0) is 18.8. The lowest BCUT2D eigenvalue weighted by Gasteiger charge is -2.32. The van der Waals surface area contributed by atoms with Crippen LogP contribution >= 0.6 is 8.58 Å². The van der Waals surface area contributed by atoms with Crippen LogP contribution in [0.25, 0.3) is 0 Å². The largest absolute Gasteiger partial charge is 0.394 e. The second-order valence-corrected chi connectivity index (χ2v) is 8.48. The first-order valence-corrected chi connectivity index (χ1v) is 10.1. The highest BCUT2D eigenvalue weighted by atomic mass is 31.1. The molecule has 0 radical (unpaired) electrons. The van der Waals surface area contributed by atoms with E-state index in [1.54, 1.807) is 0 Å². The maximum Gasteiger partial charge on any atom is 0.110 e. The van der Waals surface area contributed by atoms with E-state index < -0.39 is 37.1 Å². The van der Waals surface area contributed by atoms with Gasteiger partial charge in [-0.1, -0.05) is 13.3 Å². The molecule has 0 heterocycles. The minimum Gasteiger partial charge on any atom is -0.394 e. The highest BCUT2D eigenvalue weighted by molar-refractivity contribution is 7.38. The van der Waals surface area contributed by atoms with Crippen LogP contribution in [0, 0.1) is 0 Å². The van der Waals surface area contributed by atoms with Gasteiger partial charge in [-0.05, 0) is 25.2 Å². The topological polar surface area (TPSA) is 121 Å². The minimum absolute atomic E-state index is 0.233. The van der Waals surface area contributed by atoms with Crippen LogP contribution in [0.4, 0.5) is 0 Å². The molecule has 0 rings (SSSR count). The molecule has 0 fully saturated rings. The lowest BCUT2D eigenvalue weighted by atomic mass is 10.0. The first-order chi connectivity index (χ1) is 11.1. The summed E-state index contributed by atoms with van der Waals surface area (Å²) >= 11 is 0. The summed E-state index contributed by atoms with van der Waals surface area (Å²) in [5, 5.41) is 57.3. The van der Waals surface area contributed by atoms with E-state index in [0.29, 0.717) is 12.7 Å². The van der Waals surface area contributed by atoms with Gasteiger partial charge in [-0.15, -0.1) is 8.58 Å². The van der Waals surface area contributed by atoms with E-state index in [-0.39, 0.29) is 14.7 Å². The number of hydrogen-bond acceptors (Lipinski definition) is 6. The number of rotatable bonds is 14. The Hall–Kier alpha value is 0.150. The summed E-state index contributed by atoms with van der Waals surface area (Å²) in [7, 11) is 4.42. The SMILES string of the molecule is CCCCC[N+](C)(C)CC(O)CPCC(O)C(O)C(O)C(O)CO. The Kier molecular flexibility index (Phi) is 12.6. The van der Waals surface area contributed by atoms with Gasteiger partial charge < -0.3 is 35.1 Å². The van der Waals surface area contributed by atoms with Crippen LogP contribution in [0.2, 0.25) is 0 Å². The molecule has 0 amide bonds. The highest BCUT2D eigenvalue weighted by Gasteiger charge is 2.30. The number of nitrogens with zero attached hydrogens (tertiary/aromatic N) is 1. The first-order valence-electron chi connectivity index (χ1n) is 8.68. The van der Waals surface area contributed by atoms with Crippen LogP contribution in [0.15, 0.2) is 0 Å². The number of unbranched alkanes of at least 4 members (excludes halogenated alkanes) is 2. The van der Waals surface area contributed by atoms with Crippen molar-refractivity contribution in [3.8, 4) is 0 Å². The molecule has 0 aliphatic heterocycles. The summed E-state index contributed by atoms with van der Waals surface area (Å²) in [4.78, 5) is 0. The number of aliphatic hydroxyl groups excluding tert-OH is 6. The van der Waals surface area contributed by atoms with Crippen LogP contribution in [-0.2, 0) is 0 Å². The molecule has 8 heteroatoms. The third-order valence-electron chi connectivity index (χ3n) is 4.13. The summed E-state index contributed by atoms with van der Waals surface area (Å²) in [6.07, 6.45) is -2.01. The third kappa shape index (κ3) is 10.2. The van der Waals surface area contributed by atoms with Gasteiger partial charge in [0.25, 0.3) is 0 Å². The number of aliphatic hydroxyl groups is 6. The minimum atomic E-state index is -1.59. The molecule has 0 bridgehead atoms. The van der Waals surface area contributed by atoms with Gasteiger partial charge in [-0.25, -0.2) is 0 Å². The second-order valence-electron chi connectivity index (χ2n) is 7.16. The van der Waals surface area contributed by atoms with Crippen molar-refractivity contribution in [2.45, 2.75) is 56.7 Å². The average Bonchev–Trinajstić information content (AvgIpc) is 2.51. The average molecular weight is 370 g/mol. The Morgan fingerprint density at radius 2 is 1.46 bits per heavy atom. The molecule has 0 aromatic rings. The molecule has 0 saturated heterocycles. The molecule has 0 aliphatic carbocycles. The molecule has 0 aliphatic rings. The van der Waals surface area contributed by atoms with Crippen LogP contribution in [0.1, 0.15) is 26.2 Å². The van der Waals surface area contributed by atoms with Crippen LogP contribution in [-0.4, -0.2) is 112 Å². The molecular weight excluding hydrogens is 333 g/mol. The zero-order valence-electron chi connectivity index (χ0n) is 15.2. The van der Waals surface area contributed by atoms with E-state index in [1.807, 2.05) is 0 Å². The Labute approximate surface area is 147 Å². The first kappa shape index (κ1) is 24.1. The fourth-order valence-corrected chi connectivity index (χ4v) is 3.76. The molecular formula is C16H37NO6P+. The van der Waals surface area contributed by atoms with E-state index in [9.17, 15) is 25.5 Å². The van der Waals surface area contributed by atoms with Crippen molar-refractivity contribution in [3.63, 3.8) is 0 Å². The maximum atomic E-state index is 10.2. The Morgan fingerprint density at radius 1 is 0.875 bits per heavy atom. The Bertz CT molecular complexity index is 321. The molecule has 0 saturated carbocycles. The van der Waals surface area contributed by atoms with E-state index in [0.717, 1.165) is 17.4 Å². The quantitative estimate of drug-likeness (QED) is 0.129. The molecule has 0 aromatic heterocycles. The molecule has 0 aromatic carbocycles. The Morgan fingerprint density at radius 3 is 2.00 bits per heavy atom. The van der Waals surface area contributed by atoms with Crippen molar-refractivity contribution >= 4 is 8.58 Å². The van der Waals surface area contributed by atoms with Crippen LogP contribution in [0.3, 0.4) is 0 Å². The van der Waals surface area contributed by atoms with E-state index in [2.05, 4.69) is 21.0 Å². The van der Waals surface area contributed by atoms with E-state index in [4.69, 9.17) is 5.11 Å². The lowest BCUT2D eigenvalue weighted by molar-refractivity contribution is -0.893. The fraction of sp³-hybridized carbons (Fsp3) is 1.00. The smallest absolute Gasteiger partial charge is 0.110 e. The van der Waals surface area contributed by atoms with Crippen LogP contribution in [0.5, 0.6) is 0 Å². The van der Waals surface area contributed by atoms with Gasteiger partial charge in [-0.2, -0.15) is 0 Å². The molecule has 24 heavy (non-hydrogen) atoms. The van der Waals surface area contributed by atoms with E-state index in [1.165, 1.54) is 12.8 Å². The van der Waals surface area contributed by atoms with Gasteiger partial charge in [0.2, 0.25) is 0 Å². The van der Waals surface area contributed by atoms with Crippen molar-refractivity contribution in [3.05, 3.63) is 0 Å². The van der Waals surface area contributed by atoms with Gasteiger partial charge in [0, 0.05) is 0 Å². The van der Waals surface area contributed by atoms with Crippen LogP contribution < -0.4 is 0 Å². The number of likely N-dealkylation sites (N-methyl/N-ethyl adjacent to an activating group) is 1. The van der Waals surface area contributed by atoms with Crippen molar-refractivity contribution in [2.24, 2.45) is 0 Å². The third-order valence-corrected chi connectivity index (χ3v) is 5.60. The monoisotopic (exact) mass is 370 g/mol. The van der Waals surface area contributed by atoms with Gasteiger partial charge in [0.15, 0.2) is 0 Å². The normalized spacial score (nSPS) is 19.4. The number of hydrogen-bond donors (Lipinski definition) is 6. The maximum absolute atomic E-state index is 10.2. The summed E-state index contributed by atoms with van der Waals surface area (Å²) in [6, 6.07) is 0. The van der Waals surface area contributed by atoms with Crippen molar-refractivity contribution in [1.82, 2.24) is 0 Å². The molecule has 6 unspecified atom stereocenters. The fourth-order valence-electron chi connectivity index (χ4n) is 2.60. The molecule has 0 spiro atoms.